The largest absolute Gasteiger partial charge is 0.392 e. The van der Waals surface area contributed by atoms with Crippen LogP contribution in [0.2, 0.25) is 0 Å². The Kier molecular flexibility index (Phi) is 5.19. The lowest BCUT2D eigenvalue weighted by molar-refractivity contribution is -0.115. The van der Waals surface area contributed by atoms with E-state index in [1.807, 2.05) is 31.2 Å². The molecule has 5 nitrogen and oxygen atoms in total. The van der Waals surface area contributed by atoms with Crippen LogP contribution in [0.4, 0.5) is 5.69 Å². The van der Waals surface area contributed by atoms with Crippen molar-refractivity contribution in [3.63, 3.8) is 0 Å². The third kappa shape index (κ3) is 4.00. The summed E-state index contributed by atoms with van der Waals surface area (Å²) in [6, 6.07) is 14.9. The van der Waals surface area contributed by atoms with E-state index in [4.69, 9.17) is 0 Å². The summed E-state index contributed by atoms with van der Waals surface area (Å²) in [5.74, 6) is -0.130. The monoisotopic (exact) mass is 350 g/mol. The van der Waals surface area contributed by atoms with Gasteiger partial charge in [0.15, 0.2) is 0 Å². The van der Waals surface area contributed by atoms with Crippen LogP contribution in [0.25, 0.3) is 10.8 Å². The average Bonchev–Trinajstić information content (AvgIpc) is 2.59. The first-order valence-corrected chi connectivity index (χ1v) is 8.59. The minimum Gasteiger partial charge on any atom is -0.392 e. The summed E-state index contributed by atoms with van der Waals surface area (Å²) in [4.78, 5) is 24.9. The van der Waals surface area contributed by atoms with Gasteiger partial charge in [0.25, 0.3) is 5.56 Å². The number of rotatable bonds is 5. The van der Waals surface area contributed by atoms with Crippen LogP contribution in [0, 0.1) is 6.92 Å². The van der Waals surface area contributed by atoms with E-state index in [1.165, 1.54) is 4.57 Å². The van der Waals surface area contributed by atoms with Gasteiger partial charge >= 0.3 is 0 Å². The molecule has 3 aromatic rings. The molecule has 0 bridgehead atoms. The van der Waals surface area contributed by atoms with Crippen molar-refractivity contribution in [2.24, 2.45) is 0 Å². The second-order valence-corrected chi connectivity index (χ2v) is 6.60. The van der Waals surface area contributed by atoms with Gasteiger partial charge in [0.05, 0.1) is 19.1 Å². The van der Waals surface area contributed by atoms with Crippen LogP contribution in [0.1, 0.15) is 18.1 Å². The molecule has 1 unspecified atom stereocenters. The fourth-order valence-corrected chi connectivity index (χ4v) is 2.94. The van der Waals surface area contributed by atoms with Gasteiger partial charge in [0.1, 0.15) is 0 Å². The van der Waals surface area contributed by atoms with E-state index in [-0.39, 0.29) is 24.4 Å². The van der Waals surface area contributed by atoms with Gasteiger partial charge in [0, 0.05) is 22.7 Å². The predicted octanol–water partition coefficient (Wildman–Crippen LogP) is 2.87. The zero-order valence-electron chi connectivity index (χ0n) is 14.9. The van der Waals surface area contributed by atoms with E-state index >= 15 is 0 Å². The molecule has 3 rings (SSSR count). The average molecular weight is 350 g/mol. The number of benzene rings is 2. The van der Waals surface area contributed by atoms with Gasteiger partial charge in [-0.15, -0.1) is 0 Å². The van der Waals surface area contributed by atoms with Crippen molar-refractivity contribution in [3.05, 3.63) is 76.2 Å². The molecule has 0 aliphatic heterocycles. The summed E-state index contributed by atoms with van der Waals surface area (Å²) < 4.78 is 1.48. The molecule has 0 radical (unpaired) electrons. The van der Waals surface area contributed by atoms with Gasteiger partial charge in [-0.1, -0.05) is 35.9 Å². The first kappa shape index (κ1) is 17.9. The van der Waals surface area contributed by atoms with Gasteiger partial charge in [-0.05, 0) is 37.6 Å². The van der Waals surface area contributed by atoms with Crippen LogP contribution in [-0.4, -0.2) is 21.7 Å². The SMILES string of the molecule is Cc1ccc(CC(=O)Nc2cccc3c(=O)n(CC(C)O)ccc23)cc1. The third-order valence-electron chi connectivity index (χ3n) is 4.24. The smallest absolute Gasteiger partial charge is 0.258 e. The van der Waals surface area contributed by atoms with E-state index in [1.54, 1.807) is 37.4 Å². The second-order valence-electron chi connectivity index (χ2n) is 6.60. The molecule has 0 aliphatic carbocycles. The van der Waals surface area contributed by atoms with Crippen molar-refractivity contribution >= 4 is 22.4 Å². The molecule has 134 valence electrons. The standard InChI is InChI=1S/C21H22N2O3/c1-14-6-8-16(9-7-14)12-20(25)22-19-5-3-4-18-17(19)10-11-23(21(18)26)13-15(2)24/h3-11,15,24H,12-13H2,1-2H3,(H,22,25). The number of aromatic nitrogens is 1. The zero-order valence-corrected chi connectivity index (χ0v) is 14.9. The van der Waals surface area contributed by atoms with Crippen molar-refractivity contribution < 1.29 is 9.90 Å². The van der Waals surface area contributed by atoms with E-state index in [0.29, 0.717) is 16.5 Å². The maximum atomic E-state index is 12.6. The van der Waals surface area contributed by atoms with Crippen molar-refractivity contribution in [1.82, 2.24) is 4.57 Å². The van der Waals surface area contributed by atoms with Crippen molar-refractivity contribution in [2.75, 3.05) is 5.32 Å². The van der Waals surface area contributed by atoms with Crippen LogP contribution >= 0.6 is 0 Å². The molecule has 1 amide bonds. The first-order chi connectivity index (χ1) is 12.4. The van der Waals surface area contributed by atoms with E-state index in [2.05, 4.69) is 5.32 Å². The minimum absolute atomic E-state index is 0.130. The lowest BCUT2D eigenvalue weighted by Crippen LogP contribution is -2.25. The number of nitrogens with one attached hydrogen (secondary N) is 1. The number of anilines is 1. The van der Waals surface area contributed by atoms with Crippen LogP contribution < -0.4 is 10.9 Å². The second kappa shape index (κ2) is 7.54. The van der Waals surface area contributed by atoms with Crippen molar-refractivity contribution in [2.45, 2.75) is 32.9 Å². The zero-order chi connectivity index (χ0) is 18.7. The molecule has 1 atom stereocenters. The Hall–Kier alpha value is -2.92. The Morgan fingerprint density at radius 2 is 1.85 bits per heavy atom. The minimum atomic E-state index is -0.609. The number of carbonyl (C=O) groups is 1. The Bertz CT molecular complexity index is 988. The van der Waals surface area contributed by atoms with Crippen molar-refractivity contribution in [3.8, 4) is 0 Å². The number of hydrogen-bond acceptors (Lipinski definition) is 3. The quantitative estimate of drug-likeness (QED) is 0.743. The highest BCUT2D eigenvalue weighted by Crippen LogP contribution is 2.21. The maximum Gasteiger partial charge on any atom is 0.258 e. The van der Waals surface area contributed by atoms with Crippen LogP contribution in [0.15, 0.2) is 59.5 Å². The highest BCUT2D eigenvalue weighted by molar-refractivity contribution is 6.02. The fourth-order valence-electron chi connectivity index (χ4n) is 2.94. The summed E-state index contributed by atoms with van der Waals surface area (Å²) in [6.07, 6.45) is 1.31. The summed E-state index contributed by atoms with van der Waals surface area (Å²) >= 11 is 0. The molecule has 2 aromatic carbocycles. The number of nitrogens with zero attached hydrogens (tertiary/aromatic N) is 1. The Balaban J connectivity index is 1.86. The highest BCUT2D eigenvalue weighted by Gasteiger charge is 2.10. The maximum absolute atomic E-state index is 12.6. The number of aliphatic hydroxyl groups excluding tert-OH is 1. The van der Waals surface area contributed by atoms with Gasteiger partial charge in [-0.2, -0.15) is 0 Å². The molecule has 0 saturated carbocycles. The van der Waals surface area contributed by atoms with Crippen LogP contribution in [0.5, 0.6) is 0 Å². The summed E-state index contributed by atoms with van der Waals surface area (Å²) in [5, 5.41) is 13.6. The summed E-state index contributed by atoms with van der Waals surface area (Å²) in [6.45, 7) is 3.88. The lowest BCUT2D eigenvalue weighted by atomic mass is 10.1. The van der Waals surface area contributed by atoms with Gasteiger partial charge in [0.2, 0.25) is 5.91 Å². The normalized spacial score (nSPS) is 12.1. The molecule has 1 aromatic heterocycles. The Morgan fingerprint density at radius 3 is 2.54 bits per heavy atom. The van der Waals surface area contributed by atoms with Crippen LogP contribution in [-0.2, 0) is 17.8 Å². The fraction of sp³-hybridized carbons (Fsp3) is 0.238. The van der Waals surface area contributed by atoms with Gasteiger partial charge in [-0.3, -0.25) is 9.59 Å². The molecule has 0 saturated heterocycles. The van der Waals surface area contributed by atoms with E-state index < -0.39 is 6.10 Å². The Morgan fingerprint density at radius 1 is 1.12 bits per heavy atom. The molecular weight excluding hydrogens is 328 g/mol. The predicted molar refractivity (Wildman–Crippen MR) is 103 cm³/mol. The van der Waals surface area contributed by atoms with E-state index in [9.17, 15) is 14.7 Å². The Labute approximate surface area is 151 Å². The van der Waals surface area contributed by atoms with E-state index in [0.717, 1.165) is 11.1 Å². The highest BCUT2D eigenvalue weighted by atomic mass is 16.3. The first-order valence-electron chi connectivity index (χ1n) is 8.59. The molecular formula is C21H22N2O3. The molecule has 5 heteroatoms. The lowest BCUT2D eigenvalue weighted by Gasteiger charge is -2.12. The number of carbonyl (C=O) groups excluding carboxylic acids is 1. The number of amides is 1. The number of pyridine rings is 1. The number of aryl methyl sites for hydroxylation is 1. The van der Waals surface area contributed by atoms with Gasteiger partial charge in [-0.25, -0.2) is 0 Å². The summed E-state index contributed by atoms with van der Waals surface area (Å²) in [7, 11) is 0. The molecule has 1 heterocycles. The molecule has 0 fully saturated rings. The third-order valence-corrected chi connectivity index (χ3v) is 4.24. The summed E-state index contributed by atoms with van der Waals surface area (Å²) in [5.41, 5.74) is 2.52. The molecule has 26 heavy (non-hydrogen) atoms. The topological polar surface area (TPSA) is 71.3 Å². The number of fused-ring (bicyclic) bond motifs is 1. The molecule has 0 aliphatic rings. The molecule has 2 N–H and O–H groups in total. The molecule has 0 spiro atoms. The number of hydrogen-bond donors (Lipinski definition) is 2. The number of aliphatic hydroxyl groups is 1. The van der Waals surface area contributed by atoms with Crippen molar-refractivity contribution in [1.29, 1.82) is 0 Å². The van der Waals surface area contributed by atoms with Crippen LogP contribution in [0.3, 0.4) is 0 Å². The van der Waals surface area contributed by atoms with Gasteiger partial charge < -0.3 is 15.0 Å².